The number of nitrogens with one attached hydrogen (secondary N) is 2. The average molecular weight is 387 g/mol. The van der Waals surface area contributed by atoms with Crippen LogP contribution in [0, 0.1) is 0 Å². The highest BCUT2D eigenvalue weighted by atomic mass is 16.2. The number of carbonyl (C=O) groups excluding carboxylic acids is 3. The molecule has 6 nitrogen and oxygen atoms in total. The van der Waals surface area contributed by atoms with E-state index >= 15 is 0 Å². The lowest BCUT2D eigenvalue weighted by molar-refractivity contribution is 0.0934. The number of ketones is 1. The van der Waals surface area contributed by atoms with Gasteiger partial charge in [-0.05, 0) is 43.7 Å². The molecular weight excluding hydrogens is 366 g/mol. The van der Waals surface area contributed by atoms with Crippen molar-refractivity contribution in [3.05, 3.63) is 95.3 Å². The van der Waals surface area contributed by atoms with Crippen molar-refractivity contribution >= 4 is 23.3 Å². The Morgan fingerprint density at radius 1 is 0.862 bits per heavy atom. The van der Waals surface area contributed by atoms with Crippen molar-refractivity contribution in [2.45, 2.75) is 19.9 Å². The molecule has 1 heterocycles. The Balaban J connectivity index is 1.71. The average Bonchev–Trinajstić information content (AvgIpc) is 2.74. The number of Topliss-reactive ketones (excluding diaryl/α,β-unsaturated/α-hetero) is 1. The summed E-state index contributed by atoms with van der Waals surface area (Å²) in [7, 11) is 0. The van der Waals surface area contributed by atoms with Crippen LogP contribution in [0.2, 0.25) is 0 Å². The van der Waals surface area contributed by atoms with Crippen molar-refractivity contribution in [1.82, 2.24) is 10.3 Å². The van der Waals surface area contributed by atoms with E-state index in [9.17, 15) is 14.4 Å². The van der Waals surface area contributed by atoms with Gasteiger partial charge in [-0.1, -0.05) is 42.5 Å². The molecule has 0 fully saturated rings. The summed E-state index contributed by atoms with van der Waals surface area (Å²) < 4.78 is 0. The van der Waals surface area contributed by atoms with Crippen LogP contribution in [0.4, 0.5) is 5.69 Å². The third-order valence-electron chi connectivity index (χ3n) is 4.43. The molecule has 6 heteroatoms. The number of benzene rings is 2. The summed E-state index contributed by atoms with van der Waals surface area (Å²) in [6, 6.07) is 19.0. The van der Waals surface area contributed by atoms with Gasteiger partial charge in [0.15, 0.2) is 5.78 Å². The van der Waals surface area contributed by atoms with Crippen LogP contribution in [-0.4, -0.2) is 22.6 Å². The quantitative estimate of drug-likeness (QED) is 0.625. The van der Waals surface area contributed by atoms with Crippen LogP contribution in [0.5, 0.6) is 0 Å². The maximum atomic E-state index is 12.6. The molecule has 2 amide bonds. The number of pyridine rings is 1. The number of amides is 2. The zero-order chi connectivity index (χ0) is 20.8. The highest BCUT2D eigenvalue weighted by molar-refractivity contribution is 6.06. The molecule has 0 aliphatic carbocycles. The lowest BCUT2D eigenvalue weighted by Crippen LogP contribution is -2.27. The van der Waals surface area contributed by atoms with E-state index in [1.807, 2.05) is 37.3 Å². The lowest BCUT2D eigenvalue weighted by Gasteiger charge is -2.14. The van der Waals surface area contributed by atoms with Gasteiger partial charge in [0.25, 0.3) is 11.8 Å². The first kappa shape index (κ1) is 19.9. The molecule has 0 radical (unpaired) electrons. The maximum absolute atomic E-state index is 12.6. The van der Waals surface area contributed by atoms with Gasteiger partial charge in [-0.2, -0.15) is 0 Å². The summed E-state index contributed by atoms with van der Waals surface area (Å²) in [5, 5.41) is 5.61. The third kappa shape index (κ3) is 5.13. The number of rotatable bonds is 6. The summed E-state index contributed by atoms with van der Waals surface area (Å²) in [6.45, 7) is 3.34. The first-order valence-electron chi connectivity index (χ1n) is 9.18. The second-order valence-corrected chi connectivity index (χ2v) is 6.63. The molecule has 0 spiro atoms. The molecule has 1 atom stereocenters. The molecule has 3 aromatic rings. The van der Waals surface area contributed by atoms with Crippen molar-refractivity contribution in [3.63, 3.8) is 0 Å². The minimum absolute atomic E-state index is 0.0866. The number of aromatic nitrogens is 1. The molecule has 0 aliphatic heterocycles. The molecule has 1 unspecified atom stereocenters. The second kappa shape index (κ2) is 8.93. The van der Waals surface area contributed by atoms with Crippen molar-refractivity contribution < 1.29 is 14.4 Å². The van der Waals surface area contributed by atoms with Crippen molar-refractivity contribution in [2.24, 2.45) is 0 Å². The smallest absolute Gasteiger partial charge is 0.270 e. The minimum atomic E-state index is -0.391. The molecule has 146 valence electrons. The van der Waals surface area contributed by atoms with Gasteiger partial charge in [0, 0.05) is 23.0 Å². The fourth-order valence-corrected chi connectivity index (χ4v) is 2.81. The van der Waals surface area contributed by atoms with E-state index in [1.54, 1.807) is 24.3 Å². The Hall–Kier alpha value is -3.80. The first-order valence-corrected chi connectivity index (χ1v) is 9.18. The van der Waals surface area contributed by atoms with E-state index in [0.29, 0.717) is 16.8 Å². The van der Waals surface area contributed by atoms with Crippen molar-refractivity contribution in [3.8, 4) is 0 Å². The Morgan fingerprint density at radius 2 is 1.62 bits per heavy atom. The van der Waals surface area contributed by atoms with E-state index < -0.39 is 5.91 Å². The van der Waals surface area contributed by atoms with Crippen LogP contribution in [-0.2, 0) is 0 Å². The predicted molar refractivity (Wildman–Crippen MR) is 111 cm³/mol. The van der Waals surface area contributed by atoms with Gasteiger partial charge in [0.2, 0.25) is 0 Å². The van der Waals surface area contributed by atoms with Crippen LogP contribution >= 0.6 is 0 Å². The van der Waals surface area contributed by atoms with E-state index in [2.05, 4.69) is 15.6 Å². The Kier molecular flexibility index (Phi) is 6.14. The minimum Gasteiger partial charge on any atom is -0.344 e. The molecule has 1 aromatic heterocycles. The number of hydrogen-bond donors (Lipinski definition) is 2. The third-order valence-corrected chi connectivity index (χ3v) is 4.43. The van der Waals surface area contributed by atoms with Crippen molar-refractivity contribution in [2.75, 3.05) is 5.32 Å². The van der Waals surface area contributed by atoms with Gasteiger partial charge in [0.05, 0.1) is 6.04 Å². The first-order chi connectivity index (χ1) is 13.9. The highest BCUT2D eigenvalue weighted by Crippen LogP contribution is 2.15. The number of carbonyl (C=O) groups is 3. The number of nitrogens with zero attached hydrogens (tertiary/aromatic N) is 1. The molecule has 29 heavy (non-hydrogen) atoms. The van der Waals surface area contributed by atoms with Crippen LogP contribution in [0.3, 0.4) is 0 Å². The largest absolute Gasteiger partial charge is 0.344 e. The van der Waals surface area contributed by atoms with Crippen LogP contribution in [0.1, 0.15) is 56.7 Å². The zero-order valence-corrected chi connectivity index (χ0v) is 16.2. The lowest BCUT2D eigenvalue weighted by atomic mass is 10.1. The zero-order valence-electron chi connectivity index (χ0n) is 16.2. The molecule has 3 rings (SSSR count). The fourth-order valence-electron chi connectivity index (χ4n) is 2.81. The van der Waals surface area contributed by atoms with E-state index in [0.717, 1.165) is 5.56 Å². The SMILES string of the molecule is CC(=O)c1cccc(NC(=O)c2ccnc(C(=O)NC(C)c3ccccc3)c2)c1. The summed E-state index contributed by atoms with van der Waals surface area (Å²) in [5.74, 6) is -0.843. The topological polar surface area (TPSA) is 88.2 Å². The maximum Gasteiger partial charge on any atom is 0.270 e. The van der Waals surface area contributed by atoms with Crippen molar-refractivity contribution in [1.29, 1.82) is 0 Å². The molecule has 0 saturated carbocycles. The van der Waals surface area contributed by atoms with Gasteiger partial charge in [-0.25, -0.2) is 0 Å². The molecule has 0 aliphatic rings. The highest BCUT2D eigenvalue weighted by Gasteiger charge is 2.15. The van der Waals surface area contributed by atoms with Crippen LogP contribution in [0.25, 0.3) is 0 Å². The van der Waals surface area contributed by atoms with Gasteiger partial charge >= 0.3 is 0 Å². The predicted octanol–water partition coefficient (Wildman–Crippen LogP) is 4.03. The van der Waals surface area contributed by atoms with Gasteiger partial charge in [-0.3, -0.25) is 19.4 Å². The Labute approximate surface area is 169 Å². The standard InChI is InChI=1S/C23H21N3O3/c1-15(17-7-4-3-5-8-17)25-23(29)21-14-19(11-12-24-21)22(28)26-20-10-6-9-18(13-20)16(2)27/h3-15H,1-2H3,(H,25,29)(H,26,28). The molecular formula is C23H21N3O3. The fraction of sp³-hybridized carbons (Fsp3) is 0.130. The van der Waals surface area contributed by atoms with Gasteiger partial charge < -0.3 is 10.6 Å². The normalized spacial score (nSPS) is 11.4. The number of hydrogen-bond acceptors (Lipinski definition) is 4. The van der Waals surface area contributed by atoms with Gasteiger partial charge in [0.1, 0.15) is 5.69 Å². The Bertz CT molecular complexity index is 1050. The summed E-state index contributed by atoms with van der Waals surface area (Å²) in [5.41, 5.74) is 2.43. The van der Waals surface area contributed by atoms with Crippen LogP contribution < -0.4 is 10.6 Å². The van der Waals surface area contributed by atoms with Gasteiger partial charge in [-0.15, -0.1) is 0 Å². The second-order valence-electron chi connectivity index (χ2n) is 6.63. The summed E-state index contributed by atoms with van der Waals surface area (Å²) >= 11 is 0. The monoisotopic (exact) mass is 387 g/mol. The summed E-state index contributed by atoms with van der Waals surface area (Å²) in [6.07, 6.45) is 1.42. The molecule has 2 N–H and O–H groups in total. The van der Waals surface area contributed by atoms with E-state index in [4.69, 9.17) is 0 Å². The molecule has 0 saturated heterocycles. The summed E-state index contributed by atoms with van der Waals surface area (Å²) in [4.78, 5) is 40.7. The Morgan fingerprint density at radius 3 is 2.34 bits per heavy atom. The molecule has 0 bridgehead atoms. The van der Waals surface area contributed by atoms with E-state index in [1.165, 1.54) is 25.3 Å². The molecule has 2 aromatic carbocycles. The van der Waals surface area contributed by atoms with Crippen LogP contribution in [0.15, 0.2) is 72.9 Å². The number of anilines is 1. The van der Waals surface area contributed by atoms with E-state index in [-0.39, 0.29) is 23.4 Å².